The second kappa shape index (κ2) is 11.3. The Kier molecular flexibility index (Phi) is 9.34. The van der Waals surface area contributed by atoms with Crippen LogP contribution < -0.4 is 0 Å². The Labute approximate surface area is 145 Å². The van der Waals surface area contributed by atoms with Crippen molar-refractivity contribution in [2.75, 3.05) is 6.61 Å². The maximum atomic E-state index is 6.09. The van der Waals surface area contributed by atoms with Crippen molar-refractivity contribution in [3.63, 3.8) is 0 Å². The molecule has 23 heavy (non-hydrogen) atoms. The Morgan fingerprint density at radius 3 is 2.00 bits per heavy atom. The van der Waals surface area contributed by atoms with Crippen LogP contribution in [0.25, 0.3) is 0 Å². The van der Waals surface area contributed by atoms with E-state index in [1.807, 2.05) is 0 Å². The standard InChI is InChI=1S/C22H40O/c1-3-5-6-7-18-23-22-16-14-21(15-17-22)13-12-20-10-8-19(4-2)9-11-20/h4,19-22H,2-3,5-18H2,1H3. The second-order valence-corrected chi connectivity index (χ2v) is 8.17. The van der Waals surface area contributed by atoms with E-state index in [0.29, 0.717) is 6.10 Å². The highest BCUT2D eigenvalue weighted by Gasteiger charge is 2.24. The Hall–Kier alpha value is -0.300. The summed E-state index contributed by atoms with van der Waals surface area (Å²) in [5, 5.41) is 0. The molecule has 0 bridgehead atoms. The van der Waals surface area contributed by atoms with Gasteiger partial charge < -0.3 is 4.74 Å². The van der Waals surface area contributed by atoms with Crippen LogP contribution in [-0.2, 0) is 4.74 Å². The normalized spacial score (nSPS) is 31.9. The predicted octanol–water partition coefficient (Wildman–Crippen LogP) is 6.91. The van der Waals surface area contributed by atoms with E-state index < -0.39 is 0 Å². The first-order chi connectivity index (χ1) is 11.3. The number of ether oxygens (including phenoxy) is 1. The quantitative estimate of drug-likeness (QED) is 0.314. The number of hydrogen-bond donors (Lipinski definition) is 0. The molecule has 0 spiro atoms. The van der Waals surface area contributed by atoms with E-state index >= 15 is 0 Å². The van der Waals surface area contributed by atoms with Crippen molar-refractivity contribution in [2.24, 2.45) is 17.8 Å². The molecule has 1 heteroatoms. The van der Waals surface area contributed by atoms with Gasteiger partial charge in [-0.15, -0.1) is 6.58 Å². The summed E-state index contributed by atoms with van der Waals surface area (Å²) in [6.45, 7) is 7.23. The van der Waals surface area contributed by atoms with Crippen LogP contribution in [-0.4, -0.2) is 12.7 Å². The number of rotatable bonds is 10. The molecule has 0 radical (unpaired) electrons. The molecule has 0 aromatic rings. The molecule has 2 aliphatic carbocycles. The summed E-state index contributed by atoms with van der Waals surface area (Å²) in [4.78, 5) is 0. The van der Waals surface area contributed by atoms with Crippen LogP contribution in [0.4, 0.5) is 0 Å². The average Bonchev–Trinajstić information content (AvgIpc) is 2.61. The third-order valence-corrected chi connectivity index (χ3v) is 6.35. The van der Waals surface area contributed by atoms with E-state index in [4.69, 9.17) is 4.74 Å². The lowest BCUT2D eigenvalue weighted by Crippen LogP contribution is -2.23. The van der Waals surface area contributed by atoms with Crippen molar-refractivity contribution in [2.45, 2.75) is 103 Å². The first-order valence-corrected chi connectivity index (χ1v) is 10.6. The maximum absolute atomic E-state index is 6.09. The topological polar surface area (TPSA) is 9.23 Å². The van der Waals surface area contributed by atoms with Gasteiger partial charge in [-0.2, -0.15) is 0 Å². The molecule has 2 rings (SSSR count). The molecule has 0 aromatic heterocycles. The number of hydrogen-bond acceptors (Lipinski definition) is 1. The Bertz CT molecular complexity index is 295. The van der Waals surface area contributed by atoms with Crippen LogP contribution in [0, 0.1) is 17.8 Å². The highest BCUT2D eigenvalue weighted by molar-refractivity contribution is 4.84. The van der Waals surface area contributed by atoms with Gasteiger partial charge in [-0.3, -0.25) is 0 Å². The molecule has 0 atom stereocenters. The predicted molar refractivity (Wildman–Crippen MR) is 101 cm³/mol. The Morgan fingerprint density at radius 1 is 0.826 bits per heavy atom. The van der Waals surface area contributed by atoms with Crippen LogP contribution in [0.3, 0.4) is 0 Å². The van der Waals surface area contributed by atoms with Crippen molar-refractivity contribution in [1.82, 2.24) is 0 Å². The van der Waals surface area contributed by atoms with E-state index in [-0.39, 0.29) is 0 Å². The molecule has 2 aliphatic rings. The van der Waals surface area contributed by atoms with Crippen LogP contribution >= 0.6 is 0 Å². The fourth-order valence-electron chi connectivity index (χ4n) is 4.55. The minimum atomic E-state index is 0.580. The van der Waals surface area contributed by atoms with Crippen LogP contribution in [0.1, 0.15) is 96.8 Å². The zero-order valence-electron chi connectivity index (χ0n) is 15.6. The first kappa shape index (κ1) is 19.0. The van der Waals surface area contributed by atoms with Crippen molar-refractivity contribution < 1.29 is 4.74 Å². The zero-order valence-corrected chi connectivity index (χ0v) is 15.6. The van der Waals surface area contributed by atoms with Gasteiger partial charge in [0.25, 0.3) is 0 Å². The van der Waals surface area contributed by atoms with E-state index in [2.05, 4.69) is 19.6 Å². The maximum Gasteiger partial charge on any atom is 0.0575 e. The molecule has 1 nitrogen and oxygen atoms in total. The fraction of sp³-hybridized carbons (Fsp3) is 0.909. The molecule has 0 aromatic carbocycles. The Balaban J connectivity index is 1.49. The fourth-order valence-corrected chi connectivity index (χ4v) is 4.55. The average molecular weight is 321 g/mol. The van der Waals surface area contributed by atoms with Gasteiger partial charge in [0.1, 0.15) is 0 Å². The molecular formula is C22H40O. The third-order valence-electron chi connectivity index (χ3n) is 6.35. The van der Waals surface area contributed by atoms with Crippen molar-refractivity contribution in [3.8, 4) is 0 Å². The van der Waals surface area contributed by atoms with Gasteiger partial charge in [0.05, 0.1) is 6.10 Å². The lowest BCUT2D eigenvalue weighted by Gasteiger charge is -2.31. The molecular weight excluding hydrogens is 280 g/mol. The summed E-state index contributed by atoms with van der Waals surface area (Å²) >= 11 is 0. The molecule has 0 N–H and O–H groups in total. The molecule has 0 heterocycles. The number of allylic oxidation sites excluding steroid dienone is 1. The molecule has 0 saturated heterocycles. The van der Waals surface area contributed by atoms with Gasteiger partial charge in [-0.05, 0) is 75.5 Å². The molecule has 2 saturated carbocycles. The summed E-state index contributed by atoms with van der Waals surface area (Å²) in [5.41, 5.74) is 0. The van der Waals surface area contributed by atoms with Gasteiger partial charge >= 0.3 is 0 Å². The monoisotopic (exact) mass is 320 g/mol. The van der Waals surface area contributed by atoms with Gasteiger partial charge in [0.2, 0.25) is 0 Å². The van der Waals surface area contributed by atoms with Crippen LogP contribution in [0.15, 0.2) is 12.7 Å². The highest BCUT2D eigenvalue weighted by Crippen LogP contribution is 2.36. The molecule has 0 amide bonds. The summed E-state index contributed by atoms with van der Waals surface area (Å²) < 4.78 is 6.09. The van der Waals surface area contributed by atoms with Crippen LogP contribution in [0.2, 0.25) is 0 Å². The van der Waals surface area contributed by atoms with Crippen LogP contribution in [0.5, 0.6) is 0 Å². The lowest BCUT2D eigenvalue weighted by atomic mass is 9.77. The second-order valence-electron chi connectivity index (χ2n) is 8.17. The van der Waals surface area contributed by atoms with E-state index in [9.17, 15) is 0 Å². The van der Waals surface area contributed by atoms with Gasteiger partial charge in [0.15, 0.2) is 0 Å². The van der Waals surface area contributed by atoms with E-state index in [0.717, 1.165) is 24.4 Å². The SMILES string of the molecule is C=CC1CCC(CCC2CCC(OCCCCCC)CC2)CC1. The highest BCUT2D eigenvalue weighted by atomic mass is 16.5. The van der Waals surface area contributed by atoms with Crippen molar-refractivity contribution >= 4 is 0 Å². The van der Waals surface area contributed by atoms with Gasteiger partial charge in [0, 0.05) is 6.61 Å². The van der Waals surface area contributed by atoms with Crippen molar-refractivity contribution in [1.29, 1.82) is 0 Å². The molecule has 0 aliphatic heterocycles. The summed E-state index contributed by atoms with van der Waals surface area (Å²) in [6.07, 6.45) is 22.2. The summed E-state index contributed by atoms with van der Waals surface area (Å²) in [7, 11) is 0. The molecule has 0 unspecified atom stereocenters. The minimum absolute atomic E-state index is 0.580. The summed E-state index contributed by atoms with van der Waals surface area (Å²) in [6, 6.07) is 0. The summed E-state index contributed by atoms with van der Waals surface area (Å²) in [5.74, 6) is 2.82. The smallest absolute Gasteiger partial charge is 0.0575 e. The van der Waals surface area contributed by atoms with Crippen molar-refractivity contribution in [3.05, 3.63) is 12.7 Å². The van der Waals surface area contributed by atoms with E-state index in [1.54, 1.807) is 0 Å². The minimum Gasteiger partial charge on any atom is -0.378 e. The zero-order chi connectivity index (χ0) is 16.3. The molecule has 2 fully saturated rings. The largest absolute Gasteiger partial charge is 0.378 e. The Morgan fingerprint density at radius 2 is 1.43 bits per heavy atom. The third kappa shape index (κ3) is 7.42. The lowest BCUT2D eigenvalue weighted by molar-refractivity contribution is 0.0145. The van der Waals surface area contributed by atoms with Gasteiger partial charge in [-0.1, -0.05) is 45.1 Å². The first-order valence-electron chi connectivity index (χ1n) is 10.6. The van der Waals surface area contributed by atoms with E-state index in [1.165, 1.54) is 89.9 Å². The number of unbranched alkanes of at least 4 members (excludes halogenated alkanes) is 3. The molecule has 134 valence electrons. The van der Waals surface area contributed by atoms with Gasteiger partial charge in [-0.25, -0.2) is 0 Å².